The van der Waals surface area contributed by atoms with Crippen molar-refractivity contribution in [1.82, 2.24) is 0 Å². The van der Waals surface area contributed by atoms with Crippen LogP contribution in [0.4, 0.5) is 0 Å². The molecule has 2 rings (SSSR count). The molecule has 13 nitrogen and oxygen atoms in total. The standard InChI is InChI=1S/C10H8O13S4/c11-4-3-7(26(18,19)20)10(27(21,22)23)9-6(25(15,16)17)2-1-5(8(4)9)24(12,13)14/h1-3,11H,(H,12,13,14)(H,15,16,17)(H,18,19,20)(H,21,22,23). The minimum Gasteiger partial charge on any atom is -0.507 e. The molecule has 0 aliphatic rings. The fourth-order valence-corrected chi connectivity index (χ4v) is 5.79. The molecule has 0 aromatic heterocycles. The first-order chi connectivity index (χ1) is 11.9. The highest BCUT2D eigenvalue weighted by molar-refractivity contribution is 7.89. The van der Waals surface area contributed by atoms with Gasteiger partial charge in [-0.15, -0.1) is 0 Å². The first kappa shape index (κ1) is 21.4. The van der Waals surface area contributed by atoms with Gasteiger partial charge in [0.25, 0.3) is 40.5 Å². The van der Waals surface area contributed by atoms with Gasteiger partial charge in [0, 0.05) is 16.8 Å². The summed E-state index contributed by atoms with van der Waals surface area (Å²) in [5.74, 6) is -1.41. The summed E-state index contributed by atoms with van der Waals surface area (Å²) < 4.78 is 129. The molecule has 0 saturated carbocycles. The van der Waals surface area contributed by atoms with E-state index in [9.17, 15) is 52.4 Å². The quantitative estimate of drug-likeness (QED) is 0.360. The van der Waals surface area contributed by atoms with Crippen LogP contribution in [-0.2, 0) is 40.5 Å². The molecule has 0 bridgehead atoms. The van der Waals surface area contributed by atoms with E-state index in [0.717, 1.165) is 0 Å². The summed E-state index contributed by atoms with van der Waals surface area (Å²) in [6.07, 6.45) is 0. The Morgan fingerprint density at radius 1 is 0.556 bits per heavy atom. The lowest BCUT2D eigenvalue weighted by atomic mass is 10.1. The molecule has 0 radical (unpaired) electrons. The van der Waals surface area contributed by atoms with E-state index in [0.29, 0.717) is 6.07 Å². The summed E-state index contributed by atoms with van der Waals surface area (Å²) >= 11 is 0. The number of phenols is 1. The van der Waals surface area contributed by atoms with E-state index < -0.39 is 76.6 Å². The lowest BCUT2D eigenvalue weighted by Gasteiger charge is -2.15. The Morgan fingerprint density at radius 2 is 0.926 bits per heavy atom. The number of benzene rings is 2. The molecule has 2 aromatic rings. The summed E-state index contributed by atoms with van der Waals surface area (Å²) in [5, 5.41) is 7.18. The molecule has 17 heteroatoms. The maximum Gasteiger partial charge on any atom is 0.296 e. The van der Waals surface area contributed by atoms with Crippen molar-refractivity contribution in [2.45, 2.75) is 19.6 Å². The van der Waals surface area contributed by atoms with Crippen molar-refractivity contribution in [1.29, 1.82) is 0 Å². The summed E-state index contributed by atoms with van der Waals surface area (Å²) in [6, 6.07) is 0.632. The largest absolute Gasteiger partial charge is 0.507 e. The van der Waals surface area contributed by atoms with Crippen molar-refractivity contribution < 1.29 is 57.0 Å². The van der Waals surface area contributed by atoms with E-state index in [-0.39, 0.29) is 12.1 Å². The Morgan fingerprint density at radius 3 is 1.26 bits per heavy atom. The van der Waals surface area contributed by atoms with Gasteiger partial charge in [-0.3, -0.25) is 18.2 Å². The van der Waals surface area contributed by atoms with Crippen LogP contribution in [0.3, 0.4) is 0 Å². The maximum absolute atomic E-state index is 11.7. The smallest absolute Gasteiger partial charge is 0.296 e. The van der Waals surface area contributed by atoms with Crippen LogP contribution in [0.2, 0.25) is 0 Å². The molecule has 0 saturated heterocycles. The van der Waals surface area contributed by atoms with E-state index in [2.05, 4.69) is 0 Å². The number of aromatic hydroxyl groups is 1. The van der Waals surface area contributed by atoms with Crippen LogP contribution in [0, 0.1) is 0 Å². The second-order valence-corrected chi connectivity index (χ2v) is 10.5. The van der Waals surface area contributed by atoms with Gasteiger partial charge < -0.3 is 5.11 Å². The molecule has 2 aromatic carbocycles. The van der Waals surface area contributed by atoms with Crippen molar-refractivity contribution in [2.75, 3.05) is 0 Å². The Balaban J connectivity index is 3.53. The predicted molar refractivity (Wildman–Crippen MR) is 84.9 cm³/mol. The number of hydrogen-bond donors (Lipinski definition) is 5. The molecule has 0 unspecified atom stereocenters. The Bertz CT molecular complexity index is 1400. The average molecular weight is 464 g/mol. The number of phenolic OH excluding ortho intramolecular Hbond substituents is 1. The third kappa shape index (κ3) is 3.89. The topological polar surface area (TPSA) is 238 Å². The number of rotatable bonds is 4. The summed E-state index contributed by atoms with van der Waals surface area (Å²) in [4.78, 5) is -6.30. The average Bonchev–Trinajstić information content (AvgIpc) is 2.41. The van der Waals surface area contributed by atoms with Gasteiger partial charge in [-0.2, -0.15) is 33.7 Å². The molecule has 27 heavy (non-hydrogen) atoms. The summed E-state index contributed by atoms with van der Waals surface area (Å²) in [5.41, 5.74) is 0. The van der Waals surface area contributed by atoms with Crippen LogP contribution >= 0.6 is 0 Å². The second-order valence-electron chi connectivity index (χ2n) is 4.94. The zero-order valence-electron chi connectivity index (χ0n) is 12.4. The normalized spacial score (nSPS) is 13.8. The van der Waals surface area contributed by atoms with Gasteiger partial charge >= 0.3 is 0 Å². The van der Waals surface area contributed by atoms with Crippen LogP contribution in [0.1, 0.15) is 0 Å². The fraction of sp³-hybridized carbons (Fsp3) is 0. The van der Waals surface area contributed by atoms with E-state index in [4.69, 9.17) is 4.55 Å². The predicted octanol–water partition coefficient (Wildman–Crippen LogP) is -0.468. The molecule has 5 N–H and O–H groups in total. The fourth-order valence-electron chi connectivity index (χ4n) is 2.31. The van der Waals surface area contributed by atoms with E-state index in [1.165, 1.54) is 0 Å². The third-order valence-corrected chi connectivity index (χ3v) is 6.93. The van der Waals surface area contributed by atoms with E-state index in [1.54, 1.807) is 0 Å². The highest BCUT2D eigenvalue weighted by Crippen LogP contribution is 2.42. The van der Waals surface area contributed by atoms with Crippen LogP contribution in [-0.4, -0.2) is 57.0 Å². The van der Waals surface area contributed by atoms with Gasteiger partial charge in [0.2, 0.25) is 0 Å². The molecule has 150 valence electrons. The van der Waals surface area contributed by atoms with Crippen LogP contribution in [0.5, 0.6) is 5.75 Å². The first-order valence-corrected chi connectivity index (χ1v) is 11.9. The summed E-state index contributed by atoms with van der Waals surface area (Å²) in [6.45, 7) is 0. The van der Waals surface area contributed by atoms with Crippen molar-refractivity contribution >= 4 is 51.2 Å². The number of hydrogen-bond acceptors (Lipinski definition) is 9. The highest BCUT2D eigenvalue weighted by Gasteiger charge is 2.34. The maximum atomic E-state index is 11.7. The first-order valence-electron chi connectivity index (χ1n) is 6.09. The molecular weight excluding hydrogens is 456 g/mol. The molecule has 0 heterocycles. The zero-order chi connectivity index (χ0) is 21.2. The third-order valence-electron chi connectivity index (χ3n) is 3.20. The lowest BCUT2D eigenvalue weighted by Crippen LogP contribution is -2.13. The van der Waals surface area contributed by atoms with Gasteiger partial charge in [0.1, 0.15) is 25.3 Å². The molecule has 0 fully saturated rings. The molecule has 0 aliphatic heterocycles. The van der Waals surface area contributed by atoms with Gasteiger partial charge in [-0.05, 0) is 12.1 Å². The van der Waals surface area contributed by atoms with E-state index >= 15 is 0 Å². The van der Waals surface area contributed by atoms with Gasteiger partial charge in [0.05, 0.1) is 0 Å². The van der Waals surface area contributed by atoms with E-state index in [1.807, 2.05) is 0 Å². The highest BCUT2D eigenvalue weighted by atomic mass is 32.2. The molecule has 0 amide bonds. The van der Waals surface area contributed by atoms with Gasteiger partial charge in [-0.25, -0.2) is 0 Å². The van der Waals surface area contributed by atoms with Crippen molar-refractivity contribution in [3.8, 4) is 5.75 Å². The van der Waals surface area contributed by atoms with Crippen molar-refractivity contribution in [3.05, 3.63) is 18.2 Å². The molecular formula is C10H8O13S4. The Hall–Kier alpha value is -1.86. The Labute approximate surface area is 151 Å². The summed E-state index contributed by atoms with van der Waals surface area (Å²) in [7, 11) is -21.9. The zero-order valence-corrected chi connectivity index (χ0v) is 15.6. The second kappa shape index (κ2) is 6.07. The van der Waals surface area contributed by atoms with Crippen molar-refractivity contribution in [2.24, 2.45) is 0 Å². The van der Waals surface area contributed by atoms with Crippen LogP contribution < -0.4 is 0 Å². The Kier molecular flexibility index (Phi) is 4.82. The minimum atomic E-state index is -5.71. The van der Waals surface area contributed by atoms with Gasteiger partial charge in [0.15, 0.2) is 0 Å². The molecule has 0 spiro atoms. The van der Waals surface area contributed by atoms with Crippen LogP contribution in [0.15, 0.2) is 37.8 Å². The minimum absolute atomic E-state index is 0.00320. The van der Waals surface area contributed by atoms with Gasteiger partial charge in [-0.1, -0.05) is 0 Å². The lowest BCUT2D eigenvalue weighted by molar-refractivity contribution is 0.458. The van der Waals surface area contributed by atoms with Crippen molar-refractivity contribution in [3.63, 3.8) is 0 Å². The monoisotopic (exact) mass is 464 g/mol. The van der Waals surface area contributed by atoms with Crippen LogP contribution in [0.25, 0.3) is 10.8 Å². The molecule has 0 aliphatic carbocycles. The molecule has 0 atom stereocenters. The SMILES string of the molecule is O=S(=O)(O)c1cc(O)c2c(S(=O)(=O)O)ccc(S(=O)(=O)O)c2c1S(=O)(=O)O. The number of fused-ring (bicyclic) bond motifs is 1.